The van der Waals surface area contributed by atoms with Gasteiger partial charge in [-0.1, -0.05) is 30.3 Å². The molecule has 1 aliphatic rings. The Kier molecular flexibility index (Phi) is 3.57. The maximum Gasteiger partial charge on any atom is 0.412 e. The van der Waals surface area contributed by atoms with Crippen LogP contribution in [0.1, 0.15) is 26.3 Å². The Bertz CT molecular complexity index is 416. The van der Waals surface area contributed by atoms with E-state index in [-0.39, 0.29) is 12.1 Å². The summed E-state index contributed by atoms with van der Waals surface area (Å²) in [4.78, 5) is 13.7. The zero-order valence-electron chi connectivity index (χ0n) is 11.1. The molecule has 18 heavy (non-hydrogen) atoms. The van der Waals surface area contributed by atoms with E-state index in [0.29, 0.717) is 13.2 Å². The Labute approximate surface area is 107 Å². The summed E-state index contributed by atoms with van der Waals surface area (Å²) in [6, 6.07) is 9.70. The van der Waals surface area contributed by atoms with Gasteiger partial charge in [0.1, 0.15) is 12.3 Å². The number of rotatable bonds is 2. The molecule has 4 heteroatoms. The highest BCUT2D eigenvalue weighted by molar-refractivity contribution is 5.69. The van der Waals surface area contributed by atoms with E-state index >= 15 is 0 Å². The van der Waals surface area contributed by atoms with Crippen molar-refractivity contribution in [3.8, 4) is 0 Å². The van der Waals surface area contributed by atoms with E-state index in [9.17, 15) is 4.79 Å². The molecule has 0 aliphatic carbocycles. The van der Waals surface area contributed by atoms with Gasteiger partial charge in [-0.05, 0) is 26.3 Å². The summed E-state index contributed by atoms with van der Waals surface area (Å²) >= 11 is 0. The van der Waals surface area contributed by atoms with E-state index in [1.807, 2.05) is 51.1 Å². The van der Waals surface area contributed by atoms with Crippen molar-refractivity contribution in [1.29, 1.82) is 0 Å². The van der Waals surface area contributed by atoms with Crippen molar-refractivity contribution in [3.63, 3.8) is 0 Å². The third-order valence-electron chi connectivity index (χ3n) is 3.10. The zero-order chi connectivity index (χ0) is 13.2. The summed E-state index contributed by atoms with van der Waals surface area (Å²) in [6.07, 6.45) is -0.325. The van der Waals surface area contributed by atoms with Crippen LogP contribution < -0.4 is 0 Å². The molecule has 0 aromatic heterocycles. The minimum atomic E-state index is -0.590. The Morgan fingerprint density at radius 2 is 2.11 bits per heavy atom. The molecule has 1 aromatic rings. The van der Waals surface area contributed by atoms with Gasteiger partial charge in [0.15, 0.2) is 0 Å². The third kappa shape index (κ3) is 2.64. The number of hydrogen-bond acceptors (Lipinski definition) is 3. The van der Waals surface area contributed by atoms with E-state index in [0.717, 1.165) is 5.56 Å². The van der Waals surface area contributed by atoms with Crippen molar-refractivity contribution in [2.75, 3.05) is 6.61 Å². The number of nitrogens with zero attached hydrogens (tertiary/aromatic N) is 1. The highest BCUT2D eigenvalue weighted by Crippen LogP contribution is 2.27. The molecule has 0 radical (unpaired) electrons. The van der Waals surface area contributed by atoms with Crippen LogP contribution in [0.5, 0.6) is 0 Å². The molecular weight excluding hydrogens is 230 g/mol. The Balaban J connectivity index is 1.96. The first-order chi connectivity index (χ1) is 8.50. The molecule has 0 spiro atoms. The number of carbonyl (C=O) groups excluding carboxylic acids is 1. The number of hydrogen-bond donors (Lipinski definition) is 0. The largest absolute Gasteiger partial charge is 0.444 e. The second kappa shape index (κ2) is 4.98. The van der Waals surface area contributed by atoms with Gasteiger partial charge in [0, 0.05) is 0 Å². The summed E-state index contributed by atoms with van der Waals surface area (Å²) < 4.78 is 10.9. The minimum Gasteiger partial charge on any atom is -0.444 e. The fraction of sp³-hybridized carbons (Fsp3) is 0.500. The van der Waals surface area contributed by atoms with E-state index in [2.05, 4.69) is 0 Å². The Hall–Kier alpha value is -1.55. The minimum absolute atomic E-state index is 0.0447. The maximum atomic E-state index is 12.1. The third-order valence-corrected chi connectivity index (χ3v) is 3.10. The van der Waals surface area contributed by atoms with Crippen LogP contribution in [0.3, 0.4) is 0 Å². The molecule has 0 N–H and O–H groups in total. The summed E-state index contributed by atoms with van der Waals surface area (Å²) in [5, 5.41) is 0. The van der Waals surface area contributed by atoms with Crippen molar-refractivity contribution in [1.82, 2.24) is 4.90 Å². The van der Waals surface area contributed by atoms with Gasteiger partial charge in [0.2, 0.25) is 0 Å². The molecule has 1 fully saturated rings. The quantitative estimate of drug-likeness (QED) is 0.809. The predicted molar refractivity (Wildman–Crippen MR) is 68.0 cm³/mol. The Morgan fingerprint density at radius 1 is 1.44 bits per heavy atom. The maximum absolute atomic E-state index is 12.1. The lowest BCUT2D eigenvalue weighted by atomic mass is 10.2. The van der Waals surface area contributed by atoms with Gasteiger partial charge in [-0.15, -0.1) is 0 Å². The molecule has 98 valence electrons. The first-order valence-electron chi connectivity index (χ1n) is 6.14. The van der Waals surface area contributed by atoms with E-state index in [1.54, 1.807) is 4.90 Å². The van der Waals surface area contributed by atoms with Crippen molar-refractivity contribution in [2.24, 2.45) is 0 Å². The standard InChI is InChI=1S/C14H19NO3/c1-11-9-18-14(2,3)15(11)13(16)17-10-12-7-5-4-6-8-12/h4-8,11H,9-10H2,1-3H3/t11-/m1/s1. The van der Waals surface area contributed by atoms with Gasteiger partial charge in [0.25, 0.3) is 0 Å². The summed E-state index contributed by atoms with van der Waals surface area (Å²) in [5.74, 6) is 0. The van der Waals surface area contributed by atoms with E-state index < -0.39 is 5.72 Å². The lowest BCUT2D eigenvalue weighted by molar-refractivity contribution is -0.0486. The number of benzene rings is 1. The van der Waals surface area contributed by atoms with Crippen LogP contribution in [0, 0.1) is 0 Å². The van der Waals surface area contributed by atoms with Crippen LogP contribution in [0.25, 0.3) is 0 Å². The smallest absolute Gasteiger partial charge is 0.412 e. The molecular formula is C14H19NO3. The molecule has 1 amide bonds. The fourth-order valence-electron chi connectivity index (χ4n) is 2.19. The Morgan fingerprint density at radius 3 is 2.67 bits per heavy atom. The van der Waals surface area contributed by atoms with Crippen LogP contribution in [0.2, 0.25) is 0 Å². The van der Waals surface area contributed by atoms with Crippen LogP contribution in [0.4, 0.5) is 4.79 Å². The number of carbonyl (C=O) groups is 1. The van der Waals surface area contributed by atoms with Gasteiger partial charge in [-0.3, -0.25) is 4.90 Å². The van der Waals surface area contributed by atoms with E-state index in [1.165, 1.54) is 0 Å². The average molecular weight is 249 g/mol. The average Bonchev–Trinajstić information content (AvgIpc) is 2.62. The molecule has 1 aromatic carbocycles. The van der Waals surface area contributed by atoms with Gasteiger partial charge in [0.05, 0.1) is 12.6 Å². The molecule has 4 nitrogen and oxygen atoms in total. The van der Waals surface area contributed by atoms with Crippen molar-refractivity contribution in [2.45, 2.75) is 39.1 Å². The second-order valence-electron chi connectivity index (χ2n) is 5.02. The van der Waals surface area contributed by atoms with Crippen molar-refractivity contribution < 1.29 is 14.3 Å². The van der Waals surface area contributed by atoms with Gasteiger partial charge in [-0.2, -0.15) is 0 Å². The second-order valence-corrected chi connectivity index (χ2v) is 5.02. The van der Waals surface area contributed by atoms with Crippen molar-refractivity contribution >= 4 is 6.09 Å². The normalized spacial score (nSPS) is 21.9. The SMILES string of the molecule is C[C@@H]1COC(C)(C)N1C(=O)OCc1ccccc1. The predicted octanol–water partition coefficient (Wildman–Crippen LogP) is 2.78. The number of amides is 1. The summed E-state index contributed by atoms with van der Waals surface area (Å²) in [7, 11) is 0. The fourth-order valence-corrected chi connectivity index (χ4v) is 2.19. The van der Waals surface area contributed by atoms with Crippen LogP contribution in [0.15, 0.2) is 30.3 Å². The topological polar surface area (TPSA) is 38.8 Å². The zero-order valence-corrected chi connectivity index (χ0v) is 11.1. The molecule has 1 atom stereocenters. The summed E-state index contributed by atoms with van der Waals surface area (Å²) in [5.41, 5.74) is 0.393. The monoisotopic (exact) mass is 249 g/mol. The molecule has 1 heterocycles. The molecule has 2 rings (SSSR count). The van der Waals surface area contributed by atoms with Gasteiger partial charge < -0.3 is 9.47 Å². The highest BCUT2D eigenvalue weighted by atomic mass is 16.6. The van der Waals surface area contributed by atoms with Crippen LogP contribution >= 0.6 is 0 Å². The molecule has 1 aliphatic heterocycles. The first-order valence-corrected chi connectivity index (χ1v) is 6.14. The lowest BCUT2D eigenvalue weighted by Crippen LogP contribution is -2.47. The molecule has 1 saturated heterocycles. The van der Waals surface area contributed by atoms with Gasteiger partial charge >= 0.3 is 6.09 Å². The molecule has 0 unspecified atom stereocenters. The molecule has 0 saturated carbocycles. The van der Waals surface area contributed by atoms with Crippen LogP contribution in [-0.4, -0.2) is 29.4 Å². The number of ether oxygens (including phenoxy) is 2. The lowest BCUT2D eigenvalue weighted by Gasteiger charge is -2.31. The summed E-state index contributed by atoms with van der Waals surface area (Å²) in [6.45, 7) is 6.55. The first kappa shape index (κ1) is 12.9. The van der Waals surface area contributed by atoms with Crippen molar-refractivity contribution in [3.05, 3.63) is 35.9 Å². The van der Waals surface area contributed by atoms with Crippen LogP contribution in [-0.2, 0) is 16.1 Å². The van der Waals surface area contributed by atoms with E-state index in [4.69, 9.17) is 9.47 Å². The van der Waals surface area contributed by atoms with Gasteiger partial charge in [-0.25, -0.2) is 4.79 Å². The molecule has 0 bridgehead atoms. The highest BCUT2D eigenvalue weighted by Gasteiger charge is 2.42.